The van der Waals surface area contributed by atoms with Crippen molar-refractivity contribution in [3.05, 3.63) is 35.9 Å². The van der Waals surface area contributed by atoms with Gasteiger partial charge in [0.25, 0.3) is 5.91 Å². The van der Waals surface area contributed by atoms with Crippen LogP contribution in [0, 0.1) is 17.2 Å². The van der Waals surface area contributed by atoms with Crippen LogP contribution in [-0.2, 0) is 0 Å². The molecule has 0 spiro atoms. The Morgan fingerprint density at radius 2 is 2.32 bits per heavy atom. The average molecular weight is 295 g/mol. The third-order valence-electron chi connectivity index (χ3n) is 4.64. The van der Waals surface area contributed by atoms with Crippen molar-refractivity contribution in [2.45, 2.75) is 18.9 Å². The molecule has 3 atom stereocenters. The molecule has 4 heterocycles. The van der Waals surface area contributed by atoms with Gasteiger partial charge < -0.3 is 14.6 Å². The van der Waals surface area contributed by atoms with E-state index in [1.165, 1.54) is 13.0 Å². The largest absolute Gasteiger partial charge is 0.347 e. The van der Waals surface area contributed by atoms with E-state index in [-0.39, 0.29) is 11.9 Å². The molecule has 1 N–H and O–H groups in total. The van der Waals surface area contributed by atoms with Crippen molar-refractivity contribution in [3.8, 4) is 6.07 Å². The highest BCUT2D eigenvalue weighted by Gasteiger charge is 2.33. The van der Waals surface area contributed by atoms with Gasteiger partial charge in [0.2, 0.25) is 0 Å². The van der Waals surface area contributed by atoms with Crippen molar-refractivity contribution in [1.82, 2.24) is 19.6 Å². The Kier molecular flexibility index (Phi) is 3.09. The number of piperidine rings is 1. The van der Waals surface area contributed by atoms with Gasteiger partial charge >= 0.3 is 0 Å². The van der Waals surface area contributed by atoms with Crippen LogP contribution >= 0.6 is 0 Å². The van der Waals surface area contributed by atoms with Crippen molar-refractivity contribution in [2.75, 3.05) is 19.6 Å². The third-order valence-corrected chi connectivity index (χ3v) is 4.64. The molecule has 2 saturated heterocycles. The van der Waals surface area contributed by atoms with Crippen LogP contribution < -0.4 is 5.32 Å². The molecule has 0 aromatic carbocycles. The minimum Gasteiger partial charge on any atom is -0.347 e. The summed E-state index contributed by atoms with van der Waals surface area (Å²) >= 11 is 0. The fourth-order valence-electron chi connectivity index (χ4n) is 3.61. The number of nitrogens with one attached hydrogen (secondary N) is 1. The summed E-state index contributed by atoms with van der Waals surface area (Å²) in [5.41, 5.74) is 1.77. The van der Waals surface area contributed by atoms with Crippen molar-refractivity contribution in [2.24, 2.45) is 5.92 Å². The van der Waals surface area contributed by atoms with Gasteiger partial charge in [-0.15, -0.1) is 0 Å². The van der Waals surface area contributed by atoms with Crippen LogP contribution in [0.5, 0.6) is 0 Å². The lowest BCUT2D eigenvalue weighted by molar-refractivity contribution is 0.0904. The predicted octanol–water partition coefficient (Wildman–Crippen LogP) is 1.03. The number of fused-ring (bicyclic) bond motifs is 3. The number of aromatic nitrogens is 2. The van der Waals surface area contributed by atoms with Gasteiger partial charge in [0.1, 0.15) is 11.8 Å². The zero-order valence-corrected chi connectivity index (χ0v) is 12.2. The first-order valence-electron chi connectivity index (χ1n) is 7.62. The van der Waals surface area contributed by atoms with Crippen LogP contribution in [0.25, 0.3) is 5.52 Å². The molecule has 2 aliphatic rings. The summed E-state index contributed by atoms with van der Waals surface area (Å²) < 4.78 is 1.77. The molecule has 0 aliphatic carbocycles. The van der Waals surface area contributed by atoms with E-state index < -0.39 is 0 Å². The van der Waals surface area contributed by atoms with Gasteiger partial charge in [0.15, 0.2) is 0 Å². The zero-order chi connectivity index (χ0) is 15.1. The molecule has 0 radical (unpaired) electrons. The summed E-state index contributed by atoms with van der Waals surface area (Å²) in [5.74, 6) is 0.582. The summed E-state index contributed by atoms with van der Waals surface area (Å²) in [6, 6.07) is 4.06. The minimum atomic E-state index is -0.137. The lowest BCUT2D eigenvalue weighted by Gasteiger charge is -2.30. The first-order chi connectivity index (χ1) is 10.7. The number of carbonyl (C=O) groups is 1. The van der Waals surface area contributed by atoms with Crippen LogP contribution in [-0.4, -0.2) is 45.9 Å². The summed E-state index contributed by atoms with van der Waals surface area (Å²) in [7, 11) is 0. The normalized spacial score (nSPS) is 26.8. The summed E-state index contributed by atoms with van der Waals surface area (Å²) in [6.07, 6.45) is 7.33. The van der Waals surface area contributed by atoms with Crippen LogP contribution in [0.2, 0.25) is 0 Å². The van der Waals surface area contributed by atoms with Gasteiger partial charge in [-0.3, -0.25) is 4.79 Å². The molecule has 6 nitrogen and oxygen atoms in total. The van der Waals surface area contributed by atoms with Crippen molar-refractivity contribution < 1.29 is 4.79 Å². The maximum atomic E-state index is 12.4. The second-order valence-electron chi connectivity index (χ2n) is 6.27. The monoisotopic (exact) mass is 295 g/mol. The zero-order valence-electron chi connectivity index (χ0n) is 12.2. The number of nitriles is 1. The standard InChI is InChI=1S/C16H17N5O/c17-5-12-4-14-6-18-15(10-21(14)8-12)16(22)19-13-3-11-1-2-20(7-11)9-13/h4,6,8,10-11,13H,1-3,7,9H2,(H,19,22)/t11?,13-/m1/s1. The molecular formula is C16H17N5O. The predicted molar refractivity (Wildman–Crippen MR) is 80.3 cm³/mol. The molecule has 6 heteroatoms. The molecule has 2 bridgehead atoms. The Morgan fingerprint density at radius 1 is 1.41 bits per heavy atom. The highest BCUT2D eigenvalue weighted by atomic mass is 16.2. The lowest BCUT2D eigenvalue weighted by atomic mass is 9.97. The van der Waals surface area contributed by atoms with E-state index in [4.69, 9.17) is 5.26 Å². The Morgan fingerprint density at radius 3 is 3.14 bits per heavy atom. The Hall–Kier alpha value is -2.39. The maximum Gasteiger partial charge on any atom is 0.271 e. The second-order valence-corrected chi connectivity index (χ2v) is 6.27. The van der Waals surface area contributed by atoms with Crippen molar-refractivity contribution in [1.29, 1.82) is 5.26 Å². The lowest BCUT2D eigenvalue weighted by Crippen LogP contribution is -2.47. The summed E-state index contributed by atoms with van der Waals surface area (Å²) in [5, 5.41) is 12.0. The molecule has 22 heavy (non-hydrogen) atoms. The molecule has 1 amide bonds. The average Bonchev–Trinajstić information content (AvgIpc) is 3.09. The third kappa shape index (κ3) is 2.34. The van der Waals surface area contributed by atoms with E-state index >= 15 is 0 Å². The highest BCUT2D eigenvalue weighted by molar-refractivity contribution is 5.92. The smallest absolute Gasteiger partial charge is 0.271 e. The van der Waals surface area contributed by atoms with Gasteiger partial charge in [0.05, 0.1) is 17.3 Å². The molecule has 4 rings (SSSR count). The van der Waals surface area contributed by atoms with Crippen LogP contribution in [0.1, 0.15) is 28.9 Å². The van der Waals surface area contributed by atoms with Crippen LogP contribution in [0.3, 0.4) is 0 Å². The molecule has 0 saturated carbocycles. The van der Waals surface area contributed by atoms with Crippen molar-refractivity contribution in [3.63, 3.8) is 0 Å². The Labute approximate surface area is 128 Å². The first-order valence-corrected chi connectivity index (χ1v) is 7.62. The van der Waals surface area contributed by atoms with Gasteiger partial charge in [-0.1, -0.05) is 0 Å². The quantitative estimate of drug-likeness (QED) is 0.898. The summed E-state index contributed by atoms with van der Waals surface area (Å²) in [6.45, 7) is 3.27. The fourth-order valence-corrected chi connectivity index (χ4v) is 3.61. The molecule has 2 fully saturated rings. The Bertz CT molecular complexity index is 762. The molecular weight excluding hydrogens is 278 g/mol. The minimum absolute atomic E-state index is 0.137. The van der Waals surface area contributed by atoms with Gasteiger partial charge in [-0.05, 0) is 31.4 Å². The number of amides is 1. The number of nitrogens with zero attached hydrogens (tertiary/aromatic N) is 4. The van der Waals surface area contributed by atoms with Gasteiger partial charge in [-0.2, -0.15) is 5.26 Å². The van der Waals surface area contributed by atoms with Gasteiger partial charge in [0, 0.05) is 31.5 Å². The maximum absolute atomic E-state index is 12.4. The van der Waals surface area contributed by atoms with Crippen LogP contribution in [0.4, 0.5) is 0 Å². The molecule has 2 aromatic rings. The van der Waals surface area contributed by atoms with Gasteiger partial charge in [-0.25, -0.2) is 4.98 Å². The second kappa shape index (κ2) is 5.11. The number of hydrogen-bond donors (Lipinski definition) is 1. The van der Waals surface area contributed by atoms with E-state index in [0.29, 0.717) is 11.3 Å². The Balaban J connectivity index is 1.51. The number of hydrogen-bond acceptors (Lipinski definition) is 4. The molecule has 2 aliphatic heterocycles. The van der Waals surface area contributed by atoms with E-state index in [1.807, 2.05) is 0 Å². The SMILES string of the molecule is N#Cc1cc2cnc(C(=O)N[C@@H]3CC4CCN(C4)C3)cn2c1. The van der Waals surface area contributed by atoms with E-state index in [9.17, 15) is 4.79 Å². The summed E-state index contributed by atoms with van der Waals surface area (Å²) in [4.78, 5) is 19.0. The highest BCUT2D eigenvalue weighted by Crippen LogP contribution is 2.26. The fraction of sp³-hybridized carbons (Fsp3) is 0.438. The molecule has 2 unspecified atom stereocenters. The number of rotatable bonds is 2. The van der Waals surface area contributed by atoms with E-state index in [1.54, 1.807) is 29.1 Å². The molecule has 112 valence electrons. The topological polar surface area (TPSA) is 73.4 Å². The first kappa shape index (κ1) is 13.3. The van der Waals surface area contributed by atoms with E-state index in [0.717, 1.165) is 30.9 Å². The van der Waals surface area contributed by atoms with Crippen LogP contribution in [0.15, 0.2) is 24.7 Å². The van der Waals surface area contributed by atoms with Crippen molar-refractivity contribution >= 4 is 11.4 Å². The number of carbonyl (C=O) groups excluding carboxylic acids is 1. The molecule has 2 aromatic heterocycles. The van der Waals surface area contributed by atoms with E-state index in [2.05, 4.69) is 21.3 Å².